The Morgan fingerprint density at radius 1 is 1.29 bits per heavy atom. The van der Waals surface area contributed by atoms with Gasteiger partial charge in [0.25, 0.3) is 0 Å². The van der Waals surface area contributed by atoms with Crippen molar-refractivity contribution in [2.45, 2.75) is 6.92 Å². The van der Waals surface area contributed by atoms with Crippen molar-refractivity contribution in [3.05, 3.63) is 42.2 Å². The van der Waals surface area contributed by atoms with Crippen molar-refractivity contribution >= 4 is 17.0 Å². The van der Waals surface area contributed by atoms with E-state index in [2.05, 4.69) is 40.1 Å². The van der Waals surface area contributed by atoms with Crippen LogP contribution in [-0.2, 0) is 0 Å². The molecule has 0 unspecified atom stereocenters. The van der Waals surface area contributed by atoms with Gasteiger partial charge in [-0.25, -0.2) is 9.97 Å². The molecule has 84 valence electrons. The molecular weight excluding hydrogens is 212 g/mol. The Labute approximate surface area is 98.5 Å². The first-order chi connectivity index (χ1) is 8.24. The maximum atomic E-state index is 5.67. The van der Waals surface area contributed by atoms with E-state index in [9.17, 15) is 0 Å². The number of hydrogen-bond acceptors (Lipinski definition) is 3. The quantitative estimate of drug-likeness (QED) is 0.667. The maximum Gasteiger partial charge on any atom is 0.156 e. The molecule has 17 heavy (non-hydrogen) atoms. The van der Waals surface area contributed by atoms with Crippen LogP contribution in [0.1, 0.15) is 5.56 Å². The lowest BCUT2D eigenvalue weighted by atomic mass is 10.1. The molecule has 0 aliphatic heterocycles. The number of anilines is 1. The average Bonchev–Trinajstić information content (AvgIpc) is 2.71. The number of aromatic nitrogens is 3. The van der Waals surface area contributed by atoms with Crippen molar-refractivity contribution in [2.24, 2.45) is 0 Å². The smallest absolute Gasteiger partial charge is 0.156 e. The van der Waals surface area contributed by atoms with E-state index < -0.39 is 0 Å². The summed E-state index contributed by atoms with van der Waals surface area (Å²) in [5, 5.41) is 0. The number of nitrogens with zero attached hydrogens (tertiary/aromatic N) is 2. The van der Waals surface area contributed by atoms with E-state index in [1.807, 2.05) is 12.3 Å². The molecule has 3 rings (SSSR count). The van der Waals surface area contributed by atoms with Crippen molar-refractivity contribution in [2.75, 3.05) is 5.73 Å². The third-order valence-electron chi connectivity index (χ3n) is 2.73. The van der Waals surface area contributed by atoms with Crippen LogP contribution < -0.4 is 5.73 Å². The number of rotatable bonds is 1. The zero-order valence-electron chi connectivity index (χ0n) is 9.44. The molecule has 4 heteroatoms. The van der Waals surface area contributed by atoms with E-state index in [-0.39, 0.29) is 0 Å². The summed E-state index contributed by atoms with van der Waals surface area (Å²) >= 11 is 0. The summed E-state index contributed by atoms with van der Waals surface area (Å²) < 4.78 is 0. The first-order valence-corrected chi connectivity index (χ1v) is 5.41. The largest absolute Gasteiger partial charge is 0.382 e. The third kappa shape index (κ3) is 1.63. The standard InChI is InChI=1S/C13H12N4/c1-8-3-2-4-9(5-8)10-6-15-13-12(10)17-11(14)7-16-13/h2-7H,1H3,(H2,14,17)(H,15,16). The first-order valence-electron chi connectivity index (χ1n) is 5.41. The molecule has 0 amide bonds. The average molecular weight is 224 g/mol. The van der Waals surface area contributed by atoms with E-state index in [4.69, 9.17) is 5.73 Å². The van der Waals surface area contributed by atoms with Gasteiger partial charge < -0.3 is 10.7 Å². The topological polar surface area (TPSA) is 67.6 Å². The number of fused-ring (bicyclic) bond motifs is 1. The highest BCUT2D eigenvalue weighted by Gasteiger charge is 2.08. The minimum absolute atomic E-state index is 0.436. The molecule has 0 aliphatic carbocycles. The van der Waals surface area contributed by atoms with Gasteiger partial charge in [0.05, 0.1) is 6.20 Å². The Bertz CT molecular complexity index is 685. The van der Waals surface area contributed by atoms with Crippen LogP contribution in [0.2, 0.25) is 0 Å². The molecule has 4 nitrogen and oxygen atoms in total. The molecule has 0 aliphatic rings. The van der Waals surface area contributed by atoms with Gasteiger partial charge in [0.15, 0.2) is 5.65 Å². The number of hydrogen-bond donors (Lipinski definition) is 2. The van der Waals surface area contributed by atoms with Crippen molar-refractivity contribution in [3.8, 4) is 11.1 Å². The number of H-pyrrole nitrogens is 1. The molecule has 0 fully saturated rings. The summed E-state index contributed by atoms with van der Waals surface area (Å²) in [6, 6.07) is 8.27. The summed E-state index contributed by atoms with van der Waals surface area (Å²) in [5.74, 6) is 0.436. The molecule has 0 spiro atoms. The molecule has 3 N–H and O–H groups in total. The first kappa shape index (κ1) is 9.84. The lowest BCUT2D eigenvalue weighted by molar-refractivity contribution is 1.27. The molecule has 2 aromatic heterocycles. The van der Waals surface area contributed by atoms with E-state index in [1.165, 1.54) is 5.56 Å². The molecule has 0 radical (unpaired) electrons. The number of nitrogens with two attached hydrogens (primary N) is 1. The molecule has 2 heterocycles. The van der Waals surface area contributed by atoms with Gasteiger partial charge in [-0.3, -0.25) is 0 Å². The van der Waals surface area contributed by atoms with Crippen LogP contribution in [0, 0.1) is 6.92 Å². The van der Waals surface area contributed by atoms with E-state index in [0.29, 0.717) is 5.82 Å². The Kier molecular flexibility index (Phi) is 2.08. The summed E-state index contributed by atoms with van der Waals surface area (Å²) in [6.45, 7) is 2.07. The SMILES string of the molecule is Cc1cccc(-c2c[nH]c3ncc(N)nc23)c1. The van der Waals surface area contributed by atoms with Crippen LogP contribution in [0.5, 0.6) is 0 Å². The number of nitrogens with one attached hydrogen (secondary N) is 1. The zero-order valence-corrected chi connectivity index (χ0v) is 9.44. The summed E-state index contributed by atoms with van der Waals surface area (Å²) in [6.07, 6.45) is 3.47. The fourth-order valence-electron chi connectivity index (χ4n) is 1.94. The summed E-state index contributed by atoms with van der Waals surface area (Å²) in [7, 11) is 0. The minimum Gasteiger partial charge on any atom is -0.382 e. The van der Waals surface area contributed by atoms with Gasteiger partial charge in [-0.1, -0.05) is 29.8 Å². The molecule has 0 saturated heterocycles. The Balaban J connectivity index is 2.27. The molecule has 0 bridgehead atoms. The van der Waals surface area contributed by atoms with Crippen molar-refractivity contribution in [3.63, 3.8) is 0 Å². The van der Waals surface area contributed by atoms with Gasteiger partial charge in [0, 0.05) is 11.8 Å². The number of nitrogen functional groups attached to an aromatic ring is 1. The molecule has 0 saturated carbocycles. The number of aryl methyl sites for hydroxylation is 1. The normalized spacial score (nSPS) is 10.9. The highest BCUT2D eigenvalue weighted by atomic mass is 15.0. The summed E-state index contributed by atoms with van der Waals surface area (Å²) in [4.78, 5) is 11.6. The molecule has 0 atom stereocenters. The van der Waals surface area contributed by atoms with Crippen molar-refractivity contribution in [1.82, 2.24) is 15.0 Å². The van der Waals surface area contributed by atoms with E-state index in [0.717, 1.165) is 22.3 Å². The highest BCUT2D eigenvalue weighted by molar-refractivity contribution is 5.90. The predicted octanol–water partition coefficient (Wildman–Crippen LogP) is 2.52. The summed E-state index contributed by atoms with van der Waals surface area (Å²) in [5.41, 5.74) is 10.6. The van der Waals surface area contributed by atoms with Crippen LogP contribution in [0.3, 0.4) is 0 Å². The second kappa shape index (κ2) is 3.59. The lowest BCUT2D eigenvalue weighted by Crippen LogP contribution is -1.91. The van der Waals surface area contributed by atoms with Gasteiger partial charge >= 0.3 is 0 Å². The van der Waals surface area contributed by atoms with Crippen molar-refractivity contribution < 1.29 is 0 Å². The Hall–Kier alpha value is -2.36. The van der Waals surface area contributed by atoms with Gasteiger partial charge in [0.1, 0.15) is 11.3 Å². The molecular formula is C13H12N4. The maximum absolute atomic E-state index is 5.67. The van der Waals surface area contributed by atoms with Crippen LogP contribution in [0.4, 0.5) is 5.82 Å². The second-order valence-corrected chi connectivity index (χ2v) is 4.06. The predicted molar refractivity (Wildman–Crippen MR) is 68.5 cm³/mol. The van der Waals surface area contributed by atoms with Gasteiger partial charge in [0.2, 0.25) is 0 Å². The number of benzene rings is 1. The minimum atomic E-state index is 0.436. The van der Waals surface area contributed by atoms with E-state index in [1.54, 1.807) is 6.20 Å². The van der Waals surface area contributed by atoms with Crippen LogP contribution >= 0.6 is 0 Å². The van der Waals surface area contributed by atoms with Gasteiger partial charge in [-0.2, -0.15) is 0 Å². The monoisotopic (exact) mass is 224 g/mol. The number of aromatic amines is 1. The van der Waals surface area contributed by atoms with Crippen LogP contribution in [-0.4, -0.2) is 15.0 Å². The Morgan fingerprint density at radius 2 is 2.18 bits per heavy atom. The highest BCUT2D eigenvalue weighted by Crippen LogP contribution is 2.27. The molecule has 3 aromatic rings. The van der Waals surface area contributed by atoms with E-state index >= 15 is 0 Å². The Morgan fingerprint density at radius 3 is 3.00 bits per heavy atom. The van der Waals surface area contributed by atoms with Crippen LogP contribution in [0.15, 0.2) is 36.7 Å². The third-order valence-corrected chi connectivity index (χ3v) is 2.73. The second-order valence-electron chi connectivity index (χ2n) is 4.06. The van der Waals surface area contributed by atoms with Crippen molar-refractivity contribution in [1.29, 1.82) is 0 Å². The van der Waals surface area contributed by atoms with Gasteiger partial charge in [-0.05, 0) is 12.5 Å². The fraction of sp³-hybridized carbons (Fsp3) is 0.0769. The molecule has 1 aromatic carbocycles. The lowest BCUT2D eigenvalue weighted by Gasteiger charge is -2.00. The zero-order chi connectivity index (χ0) is 11.8. The van der Waals surface area contributed by atoms with Gasteiger partial charge in [-0.15, -0.1) is 0 Å². The van der Waals surface area contributed by atoms with Crippen LogP contribution in [0.25, 0.3) is 22.3 Å². The fourth-order valence-corrected chi connectivity index (χ4v) is 1.94.